The van der Waals surface area contributed by atoms with Gasteiger partial charge in [0.15, 0.2) is 0 Å². The molecule has 0 amide bonds. The predicted octanol–water partition coefficient (Wildman–Crippen LogP) is 4.43. The van der Waals surface area contributed by atoms with Gasteiger partial charge in [0.25, 0.3) is 0 Å². The first kappa shape index (κ1) is 14.5. The average molecular weight is 369 g/mol. The van der Waals surface area contributed by atoms with Crippen molar-refractivity contribution in [2.24, 2.45) is 0 Å². The molecular formula is C15H12BrClFN3. The zero-order valence-corrected chi connectivity index (χ0v) is 13.6. The number of benzene rings is 1. The quantitative estimate of drug-likeness (QED) is 0.640. The molecule has 108 valence electrons. The second-order valence-electron chi connectivity index (χ2n) is 4.77. The first-order chi connectivity index (χ1) is 10.1. The molecule has 3 nitrogen and oxygen atoms in total. The summed E-state index contributed by atoms with van der Waals surface area (Å²) in [6, 6.07) is 7.03. The number of pyridine rings is 1. The molecule has 0 fully saturated rings. The summed E-state index contributed by atoms with van der Waals surface area (Å²) in [5.41, 5.74) is 3.44. The van der Waals surface area contributed by atoms with Crippen LogP contribution in [0.25, 0.3) is 11.0 Å². The fraction of sp³-hybridized carbons (Fsp3) is 0.200. The molecular weight excluding hydrogens is 357 g/mol. The van der Waals surface area contributed by atoms with Gasteiger partial charge in [0.2, 0.25) is 0 Å². The van der Waals surface area contributed by atoms with Crippen LogP contribution in [0.3, 0.4) is 0 Å². The van der Waals surface area contributed by atoms with E-state index in [9.17, 15) is 4.39 Å². The van der Waals surface area contributed by atoms with Gasteiger partial charge in [-0.3, -0.25) is 4.98 Å². The van der Waals surface area contributed by atoms with Gasteiger partial charge < -0.3 is 4.57 Å². The highest BCUT2D eigenvalue weighted by molar-refractivity contribution is 9.10. The van der Waals surface area contributed by atoms with Crippen molar-refractivity contribution in [2.75, 3.05) is 0 Å². The minimum absolute atomic E-state index is 0.264. The van der Waals surface area contributed by atoms with Gasteiger partial charge in [0.1, 0.15) is 11.6 Å². The number of halogens is 3. The normalized spacial score (nSPS) is 11.2. The molecule has 3 rings (SSSR count). The van der Waals surface area contributed by atoms with E-state index in [-0.39, 0.29) is 11.7 Å². The second-order valence-corrected chi connectivity index (χ2v) is 5.89. The van der Waals surface area contributed by atoms with E-state index >= 15 is 0 Å². The van der Waals surface area contributed by atoms with Crippen LogP contribution in [0.4, 0.5) is 4.39 Å². The molecule has 6 heteroatoms. The highest BCUT2D eigenvalue weighted by Crippen LogP contribution is 2.25. The Morgan fingerprint density at radius 3 is 2.90 bits per heavy atom. The van der Waals surface area contributed by atoms with Gasteiger partial charge in [0, 0.05) is 12.3 Å². The summed E-state index contributed by atoms with van der Waals surface area (Å²) in [6.45, 7) is 2.52. The summed E-state index contributed by atoms with van der Waals surface area (Å²) in [5, 5.41) is 0. The summed E-state index contributed by atoms with van der Waals surface area (Å²) in [6.07, 6.45) is 1.75. The maximum Gasteiger partial charge on any atom is 0.139 e. The van der Waals surface area contributed by atoms with Crippen molar-refractivity contribution < 1.29 is 4.39 Å². The largest absolute Gasteiger partial charge is 0.321 e. The number of fused-ring (bicyclic) bond motifs is 1. The molecule has 2 heterocycles. The minimum Gasteiger partial charge on any atom is -0.321 e. The van der Waals surface area contributed by atoms with Gasteiger partial charge in [-0.2, -0.15) is 0 Å². The van der Waals surface area contributed by atoms with Gasteiger partial charge in [0.05, 0.1) is 33.6 Å². The Morgan fingerprint density at radius 1 is 1.38 bits per heavy atom. The van der Waals surface area contributed by atoms with E-state index in [2.05, 4.69) is 25.9 Å². The fourth-order valence-electron chi connectivity index (χ4n) is 2.28. The number of aryl methyl sites for hydroxylation is 1. The molecule has 0 saturated heterocycles. The molecule has 2 aromatic heterocycles. The predicted molar refractivity (Wildman–Crippen MR) is 85.0 cm³/mol. The third-order valence-electron chi connectivity index (χ3n) is 3.41. The molecule has 0 bridgehead atoms. The molecule has 1 aromatic carbocycles. The van der Waals surface area contributed by atoms with Crippen molar-refractivity contribution in [2.45, 2.75) is 19.3 Å². The first-order valence-corrected chi connectivity index (χ1v) is 7.73. The summed E-state index contributed by atoms with van der Waals surface area (Å²) < 4.78 is 16.1. The van der Waals surface area contributed by atoms with E-state index in [1.54, 1.807) is 12.3 Å². The highest BCUT2D eigenvalue weighted by atomic mass is 79.9. The first-order valence-electron chi connectivity index (χ1n) is 6.40. The molecule has 0 N–H and O–H groups in total. The molecule has 0 aliphatic heterocycles. The lowest BCUT2D eigenvalue weighted by molar-refractivity contribution is 0.621. The van der Waals surface area contributed by atoms with Crippen LogP contribution >= 0.6 is 27.5 Å². The third kappa shape index (κ3) is 2.68. The number of nitrogens with zero attached hydrogens (tertiary/aromatic N) is 3. The molecule has 0 aliphatic rings. The van der Waals surface area contributed by atoms with E-state index in [0.717, 1.165) is 16.8 Å². The maximum absolute atomic E-state index is 13.8. The van der Waals surface area contributed by atoms with E-state index in [1.165, 1.54) is 6.07 Å². The summed E-state index contributed by atoms with van der Waals surface area (Å²) in [4.78, 5) is 8.85. The molecule has 0 saturated carbocycles. The topological polar surface area (TPSA) is 30.7 Å². The Balaban J connectivity index is 2.16. The van der Waals surface area contributed by atoms with Gasteiger partial charge in [-0.25, -0.2) is 9.37 Å². The lowest BCUT2D eigenvalue weighted by Crippen LogP contribution is -2.07. The van der Waals surface area contributed by atoms with Crippen LogP contribution in [-0.4, -0.2) is 14.5 Å². The molecule has 0 unspecified atom stereocenters. The number of aromatic nitrogens is 3. The third-order valence-corrected chi connectivity index (χ3v) is 4.26. The van der Waals surface area contributed by atoms with Crippen LogP contribution in [0.2, 0.25) is 0 Å². The van der Waals surface area contributed by atoms with E-state index < -0.39 is 0 Å². The number of hydrogen-bond donors (Lipinski definition) is 0. The standard InChI is InChI=1S/C15H12BrClFN3/c1-9-3-2-4-19-13(9)8-21-14-6-11(18)10(16)5-12(14)20-15(21)7-17/h2-6H,7-8H2,1H3. The number of imidazole rings is 1. The Bertz CT molecular complexity index is 816. The Kier molecular flexibility index (Phi) is 3.95. The number of alkyl halides is 1. The second kappa shape index (κ2) is 5.73. The summed E-state index contributed by atoms with van der Waals surface area (Å²) in [7, 11) is 0. The van der Waals surface area contributed by atoms with Crippen molar-refractivity contribution in [3.8, 4) is 0 Å². The van der Waals surface area contributed by atoms with Gasteiger partial charge in [-0.15, -0.1) is 11.6 Å². The minimum atomic E-state index is -0.317. The lowest BCUT2D eigenvalue weighted by Gasteiger charge is -2.09. The summed E-state index contributed by atoms with van der Waals surface area (Å²) >= 11 is 9.16. The van der Waals surface area contributed by atoms with Crippen molar-refractivity contribution in [3.05, 3.63) is 57.8 Å². The summed E-state index contributed by atoms with van der Waals surface area (Å²) in [5.74, 6) is 0.650. The van der Waals surface area contributed by atoms with E-state index in [0.29, 0.717) is 22.4 Å². The molecule has 0 aliphatic carbocycles. The van der Waals surface area contributed by atoms with Crippen molar-refractivity contribution in [1.82, 2.24) is 14.5 Å². The zero-order valence-electron chi connectivity index (χ0n) is 11.3. The van der Waals surface area contributed by atoms with Crippen LogP contribution in [0, 0.1) is 12.7 Å². The maximum atomic E-state index is 13.8. The smallest absolute Gasteiger partial charge is 0.139 e. The van der Waals surface area contributed by atoms with Crippen LogP contribution in [0.15, 0.2) is 34.9 Å². The Labute approximate surface area is 134 Å². The Hall–Kier alpha value is -1.46. The molecule has 0 atom stereocenters. The van der Waals surface area contributed by atoms with E-state index in [4.69, 9.17) is 11.6 Å². The number of hydrogen-bond acceptors (Lipinski definition) is 2. The van der Waals surface area contributed by atoms with Crippen molar-refractivity contribution in [1.29, 1.82) is 0 Å². The zero-order chi connectivity index (χ0) is 15.0. The van der Waals surface area contributed by atoms with Crippen molar-refractivity contribution >= 4 is 38.6 Å². The SMILES string of the molecule is Cc1cccnc1Cn1c(CCl)nc2cc(Br)c(F)cc21. The molecule has 21 heavy (non-hydrogen) atoms. The van der Waals surface area contributed by atoms with Gasteiger partial charge >= 0.3 is 0 Å². The molecule has 3 aromatic rings. The monoisotopic (exact) mass is 367 g/mol. The van der Waals surface area contributed by atoms with Gasteiger partial charge in [-0.05, 0) is 40.5 Å². The highest BCUT2D eigenvalue weighted by Gasteiger charge is 2.14. The van der Waals surface area contributed by atoms with Gasteiger partial charge in [-0.1, -0.05) is 6.07 Å². The number of rotatable bonds is 3. The van der Waals surface area contributed by atoms with Crippen LogP contribution < -0.4 is 0 Å². The lowest BCUT2D eigenvalue weighted by atomic mass is 10.2. The fourth-order valence-corrected chi connectivity index (χ4v) is 2.82. The van der Waals surface area contributed by atoms with E-state index in [1.807, 2.05) is 23.6 Å². The van der Waals surface area contributed by atoms with Crippen molar-refractivity contribution in [3.63, 3.8) is 0 Å². The molecule has 0 radical (unpaired) electrons. The molecule has 0 spiro atoms. The average Bonchev–Trinajstić information content (AvgIpc) is 2.79. The van der Waals surface area contributed by atoms with Crippen LogP contribution in [0.1, 0.15) is 17.1 Å². The van der Waals surface area contributed by atoms with Crippen LogP contribution in [-0.2, 0) is 12.4 Å². The Morgan fingerprint density at radius 2 is 2.19 bits per heavy atom. The van der Waals surface area contributed by atoms with Crippen LogP contribution in [0.5, 0.6) is 0 Å².